The number of aliphatic hydroxyl groups excluding tert-OH is 1. The van der Waals surface area contributed by atoms with Gasteiger partial charge in [0, 0.05) is 17.6 Å². The molecule has 0 saturated carbocycles. The molecule has 2 aromatic rings. The van der Waals surface area contributed by atoms with Gasteiger partial charge >= 0.3 is 0 Å². The molecular formula is C35H54FNO. The minimum Gasteiger partial charge on any atom is -0.393 e. The van der Waals surface area contributed by atoms with Crippen LogP contribution in [0.25, 0.3) is 0 Å². The highest BCUT2D eigenvalue weighted by molar-refractivity contribution is 5.55. The summed E-state index contributed by atoms with van der Waals surface area (Å²) in [6.45, 7) is 26.8. The zero-order chi connectivity index (χ0) is 29.3. The number of aryl methyl sites for hydroxylation is 3. The maximum Gasteiger partial charge on any atom is 0.128 e. The van der Waals surface area contributed by atoms with Gasteiger partial charge in [-0.05, 0) is 99.6 Å². The molecule has 0 aromatic heterocycles. The minimum absolute atomic E-state index is 0.0509. The Morgan fingerprint density at radius 2 is 1.76 bits per heavy atom. The molecule has 0 saturated heterocycles. The third kappa shape index (κ3) is 11.8. The fourth-order valence-electron chi connectivity index (χ4n) is 4.56. The van der Waals surface area contributed by atoms with Gasteiger partial charge in [-0.15, -0.1) is 13.2 Å². The van der Waals surface area contributed by atoms with E-state index in [0.29, 0.717) is 6.42 Å². The first-order valence-electron chi connectivity index (χ1n) is 14.3. The van der Waals surface area contributed by atoms with Crippen molar-refractivity contribution in [3.05, 3.63) is 102 Å². The first-order valence-corrected chi connectivity index (χ1v) is 14.3. The van der Waals surface area contributed by atoms with Crippen LogP contribution < -0.4 is 4.90 Å². The highest BCUT2D eigenvalue weighted by atomic mass is 19.1. The van der Waals surface area contributed by atoms with E-state index in [9.17, 15) is 4.39 Å². The average Bonchev–Trinajstić information content (AvgIpc) is 3.29. The van der Waals surface area contributed by atoms with E-state index in [1.165, 1.54) is 24.0 Å². The van der Waals surface area contributed by atoms with Gasteiger partial charge in [0.2, 0.25) is 0 Å². The largest absolute Gasteiger partial charge is 0.393 e. The molecule has 1 aliphatic rings. The van der Waals surface area contributed by atoms with Crippen molar-refractivity contribution in [3.8, 4) is 0 Å². The highest BCUT2D eigenvalue weighted by Gasteiger charge is 2.19. The van der Waals surface area contributed by atoms with Gasteiger partial charge in [-0.3, -0.25) is 0 Å². The summed E-state index contributed by atoms with van der Waals surface area (Å²) in [5.74, 6) is 0.712. The summed E-state index contributed by atoms with van der Waals surface area (Å²) in [5, 5.41) is 8.86. The third-order valence-electron chi connectivity index (χ3n) is 6.67. The highest BCUT2D eigenvalue weighted by Crippen LogP contribution is 2.29. The summed E-state index contributed by atoms with van der Waals surface area (Å²) in [6.07, 6.45) is 10.9. The Hall–Kier alpha value is -2.65. The summed E-state index contributed by atoms with van der Waals surface area (Å²) in [5.41, 5.74) is 8.65. The minimum atomic E-state index is -0.150. The van der Waals surface area contributed by atoms with E-state index < -0.39 is 0 Å². The Morgan fingerprint density at radius 3 is 2.24 bits per heavy atom. The van der Waals surface area contributed by atoms with Crippen LogP contribution in [0.1, 0.15) is 95.0 Å². The van der Waals surface area contributed by atoms with E-state index in [4.69, 9.17) is 5.11 Å². The molecule has 1 aliphatic carbocycles. The number of benzene rings is 2. The van der Waals surface area contributed by atoms with Gasteiger partial charge in [-0.1, -0.05) is 77.5 Å². The molecule has 0 radical (unpaired) electrons. The maximum atomic E-state index is 13.7. The number of allylic oxidation sites excluding steroid dienone is 2. The maximum absolute atomic E-state index is 13.7. The molecule has 0 heterocycles. The van der Waals surface area contributed by atoms with Crippen LogP contribution in [0.2, 0.25) is 0 Å². The predicted octanol–water partition coefficient (Wildman–Crippen LogP) is 10.0. The van der Waals surface area contributed by atoms with Gasteiger partial charge in [0.25, 0.3) is 0 Å². The van der Waals surface area contributed by atoms with Gasteiger partial charge in [-0.2, -0.15) is 0 Å². The first-order chi connectivity index (χ1) is 18.1. The number of fused-ring (bicyclic) bond motifs is 1. The standard InChI is InChI=1S/C15H20FN.C12H16.C6H14O.C2H4/c1-5-10-17(12(4)6-2)14-9-8-13(7-3)15(16)11-14;1-8-4-10(3)12-7-9(2)6-11(12)5-8;1-3-5-6(7)4-2;1-2/h5,8-11H,4,6-7H2,1-3H3;4-5,9H,6-7H2,1-3H3;6-7H,3-5H2,1-2H3;1-2H2/b10-5-;;;. The molecule has 0 spiro atoms. The Bertz CT molecular complexity index is 994. The fourth-order valence-corrected chi connectivity index (χ4v) is 4.56. The summed E-state index contributed by atoms with van der Waals surface area (Å²) in [4.78, 5) is 1.92. The SMILES string of the molecule is C=C.C=C(CC)N(/C=C\C)c1ccc(CC)c(F)c1.CCCC(O)CC.Cc1cc(C)c2c(c1)CC(C)C2. The average molecular weight is 524 g/mol. The van der Waals surface area contributed by atoms with E-state index in [-0.39, 0.29) is 11.9 Å². The van der Waals surface area contributed by atoms with E-state index in [1.54, 1.807) is 17.2 Å². The monoisotopic (exact) mass is 523 g/mol. The van der Waals surface area contributed by atoms with Crippen LogP contribution >= 0.6 is 0 Å². The van der Waals surface area contributed by atoms with Crippen LogP contribution in [-0.2, 0) is 19.3 Å². The Labute approximate surface area is 234 Å². The summed E-state index contributed by atoms with van der Waals surface area (Å²) in [6, 6.07) is 10.00. The van der Waals surface area contributed by atoms with Crippen LogP contribution in [-0.4, -0.2) is 11.2 Å². The van der Waals surface area contributed by atoms with Gasteiger partial charge in [0.15, 0.2) is 0 Å². The molecule has 0 amide bonds. The van der Waals surface area contributed by atoms with E-state index in [2.05, 4.69) is 59.6 Å². The molecule has 212 valence electrons. The third-order valence-corrected chi connectivity index (χ3v) is 6.67. The van der Waals surface area contributed by atoms with E-state index in [0.717, 1.165) is 48.5 Å². The predicted molar refractivity (Wildman–Crippen MR) is 167 cm³/mol. The topological polar surface area (TPSA) is 23.5 Å². The van der Waals surface area contributed by atoms with Gasteiger partial charge < -0.3 is 10.0 Å². The molecular weight excluding hydrogens is 469 g/mol. The lowest BCUT2D eigenvalue weighted by molar-refractivity contribution is 0.159. The second-order valence-electron chi connectivity index (χ2n) is 9.99. The molecule has 2 atom stereocenters. The van der Waals surface area contributed by atoms with Crippen molar-refractivity contribution in [1.82, 2.24) is 0 Å². The molecule has 2 nitrogen and oxygen atoms in total. The molecule has 0 fully saturated rings. The zero-order valence-electron chi connectivity index (χ0n) is 25.5. The number of anilines is 1. The van der Waals surface area contributed by atoms with Crippen LogP contribution in [0.15, 0.2) is 68.0 Å². The molecule has 0 aliphatic heterocycles. The lowest BCUT2D eigenvalue weighted by atomic mass is 10.0. The van der Waals surface area contributed by atoms with Crippen molar-refractivity contribution < 1.29 is 9.50 Å². The van der Waals surface area contributed by atoms with Crippen LogP contribution in [0.3, 0.4) is 0 Å². The smallest absolute Gasteiger partial charge is 0.128 e. The summed E-state index contributed by atoms with van der Waals surface area (Å²) in [7, 11) is 0. The molecule has 1 N–H and O–H groups in total. The lowest BCUT2D eigenvalue weighted by Crippen LogP contribution is -2.14. The number of nitrogens with zero attached hydrogens (tertiary/aromatic N) is 1. The summed E-state index contributed by atoms with van der Waals surface area (Å²) < 4.78 is 13.7. The van der Waals surface area contributed by atoms with Crippen molar-refractivity contribution >= 4 is 5.69 Å². The van der Waals surface area contributed by atoms with Gasteiger partial charge in [0.1, 0.15) is 5.82 Å². The van der Waals surface area contributed by atoms with Crippen molar-refractivity contribution in [2.24, 2.45) is 5.92 Å². The lowest BCUT2D eigenvalue weighted by Gasteiger charge is -2.22. The number of rotatable bonds is 8. The molecule has 3 rings (SSSR count). The first kappa shape index (κ1) is 35.4. The normalized spacial score (nSPS) is 14.2. The molecule has 2 aromatic carbocycles. The fraction of sp³-hybridized carbons (Fsp3) is 0.486. The van der Waals surface area contributed by atoms with Crippen molar-refractivity contribution in [2.75, 3.05) is 4.90 Å². The van der Waals surface area contributed by atoms with Gasteiger partial charge in [0.05, 0.1) is 6.10 Å². The molecule has 0 bridgehead atoms. The van der Waals surface area contributed by atoms with Crippen molar-refractivity contribution in [2.45, 2.75) is 106 Å². The molecule has 38 heavy (non-hydrogen) atoms. The van der Waals surface area contributed by atoms with E-state index >= 15 is 0 Å². The second-order valence-corrected chi connectivity index (χ2v) is 9.99. The summed E-state index contributed by atoms with van der Waals surface area (Å²) >= 11 is 0. The second kappa shape index (κ2) is 19.4. The quantitative estimate of drug-likeness (QED) is 0.348. The number of halogens is 1. The Morgan fingerprint density at radius 1 is 1.11 bits per heavy atom. The van der Waals surface area contributed by atoms with Crippen molar-refractivity contribution in [3.63, 3.8) is 0 Å². The number of aliphatic hydroxyl groups is 1. The Kier molecular flexibility index (Phi) is 18.1. The van der Waals surface area contributed by atoms with Crippen LogP contribution in [0.4, 0.5) is 10.1 Å². The van der Waals surface area contributed by atoms with Crippen molar-refractivity contribution in [1.29, 1.82) is 0 Å². The number of hydrogen-bond donors (Lipinski definition) is 1. The van der Waals surface area contributed by atoms with E-state index in [1.807, 2.05) is 57.0 Å². The molecule has 2 unspecified atom stereocenters. The number of hydrogen-bond acceptors (Lipinski definition) is 2. The van der Waals surface area contributed by atoms with Gasteiger partial charge in [-0.25, -0.2) is 4.39 Å². The van der Waals surface area contributed by atoms with Crippen LogP contribution in [0, 0.1) is 25.6 Å². The molecule has 3 heteroatoms. The van der Waals surface area contributed by atoms with Crippen LogP contribution in [0.5, 0.6) is 0 Å². The Balaban J connectivity index is 0.000000566. The zero-order valence-corrected chi connectivity index (χ0v) is 25.5.